The molecule has 0 spiro atoms. The number of benzene rings is 2. The van der Waals surface area contributed by atoms with Crippen molar-refractivity contribution >= 4 is 26.9 Å². The van der Waals surface area contributed by atoms with Crippen molar-refractivity contribution in [1.29, 1.82) is 0 Å². The van der Waals surface area contributed by atoms with Crippen LogP contribution in [0.1, 0.15) is 24.1 Å². The molecule has 0 saturated carbocycles. The van der Waals surface area contributed by atoms with Gasteiger partial charge in [0.15, 0.2) is 0 Å². The van der Waals surface area contributed by atoms with Crippen LogP contribution in [-0.4, -0.2) is 5.11 Å². The predicted octanol–water partition coefficient (Wildman–Crippen LogP) is 4.11. The summed E-state index contributed by atoms with van der Waals surface area (Å²) in [5, 5.41) is 13.8. The van der Waals surface area contributed by atoms with E-state index in [1.165, 1.54) is 12.1 Å². The molecule has 0 radical (unpaired) electrons. The fourth-order valence-electron chi connectivity index (χ4n) is 2.56. The van der Waals surface area contributed by atoms with Crippen molar-refractivity contribution in [3.05, 3.63) is 74.6 Å². The molecule has 4 nitrogen and oxygen atoms in total. The maximum absolute atomic E-state index is 11.7. The van der Waals surface area contributed by atoms with E-state index in [9.17, 15) is 9.90 Å². The number of hydrogen-bond donors (Lipinski definition) is 2. The number of halogens is 1. The van der Waals surface area contributed by atoms with E-state index in [1.807, 2.05) is 18.2 Å². The van der Waals surface area contributed by atoms with Gasteiger partial charge < -0.3 is 14.8 Å². The van der Waals surface area contributed by atoms with Crippen molar-refractivity contribution in [3.8, 4) is 5.75 Å². The summed E-state index contributed by atoms with van der Waals surface area (Å²) < 4.78 is 6.19. The molecule has 118 valence electrons. The first-order valence-corrected chi connectivity index (χ1v) is 8.07. The lowest BCUT2D eigenvalue weighted by molar-refractivity contribution is 0.473. The Morgan fingerprint density at radius 1 is 1.22 bits per heavy atom. The molecule has 0 saturated heterocycles. The summed E-state index contributed by atoms with van der Waals surface area (Å²) >= 11 is 3.55. The van der Waals surface area contributed by atoms with Crippen LogP contribution in [0.25, 0.3) is 11.0 Å². The van der Waals surface area contributed by atoms with E-state index in [1.54, 1.807) is 12.1 Å². The molecule has 5 heteroatoms. The Morgan fingerprint density at radius 3 is 2.78 bits per heavy atom. The van der Waals surface area contributed by atoms with Crippen LogP contribution in [0.2, 0.25) is 0 Å². The van der Waals surface area contributed by atoms with Gasteiger partial charge in [-0.15, -0.1) is 0 Å². The summed E-state index contributed by atoms with van der Waals surface area (Å²) in [7, 11) is 0. The van der Waals surface area contributed by atoms with E-state index in [0.29, 0.717) is 12.1 Å². The Bertz CT molecular complexity index is 904. The fraction of sp³-hybridized carbons (Fsp3) is 0.167. The number of phenolic OH excluding ortho intramolecular Hbond substituents is 1. The molecule has 1 atom stereocenters. The molecule has 0 aliphatic rings. The number of hydrogen-bond acceptors (Lipinski definition) is 4. The lowest BCUT2D eigenvalue weighted by atomic mass is 10.1. The Balaban J connectivity index is 1.87. The average molecular weight is 374 g/mol. The van der Waals surface area contributed by atoms with Gasteiger partial charge in [0.1, 0.15) is 11.3 Å². The van der Waals surface area contributed by atoms with E-state index >= 15 is 0 Å². The first kappa shape index (κ1) is 15.8. The van der Waals surface area contributed by atoms with Gasteiger partial charge in [0, 0.05) is 34.6 Å². The minimum Gasteiger partial charge on any atom is -0.508 e. The minimum atomic E-state index is -0.423. The summed E-state index contributed by atoms with van der Waals surface area (Å²) in [5.41, 5.74) is 1.96. The number of rotatable bonds is 4. The quantitative estimate of drug-likeness (QED) is 0.675. The highest BCUT2D eigenvalue weighted by molar-refractivity contribution is 9.10. The monoisotopic (exact) mass is 373 g/mol. The van der Waals surface area contributed by atoms with Gasteiger partial charge in [-0.1, -0.05) is 34.1 Å². The number of nitrogens with one attached hydrogen (secondary N) is 1. The van der Waals surface area contributed by atoms with Crippen LogP contribution in [0.4, 0.5) is 0 Å². The Morgan fingerprint density at radius 2 is 2.00 bits per heavy atom. The molecule has 0 amide bonds. The van der Waals surface area contributed by atoms with E-state index in [0.717, 1.165) is 21.0 Å². The highest BCUT2D eigenvalue weighted by Crippen LogP contribution is 2.25. The highest BCUT2D eigenvalue weighted by atomic mass is 79.9. The summed E-state index contributed by atoms with van der Waals surface area (Å²) in [4.78, 5) is 11.7. The molecule has 3 aromatic rings. The van der Waals surface area contributed by atoms with Crippen molar-refractivity contribution in [1.82, 2.24) is 5.32 Å². The van der Waals surface area contributed by atoms with E-state index in [2.05, 4.69) is 34.2 Å². The van der Waals surface area contributed by atoms with Gasteiger partial charge in [-0.2, -0.15) is 0 Å². The average Bonchev–Trinajstić information content (AvgIpc) is 2.52. The Labute approximate surface area is 141 Å². The first-order valence-electron chi connectivity index (χ1n) is 7.28. The van der Waals surface area contributed by atoms with Crippen LogP contribution in [-0.2, 0) is 6.54 Å². The Kier molecular flexibility index (Phi) is 4.50. The molecule has 2 aromatic carbocycles. The van der Waals surface area contributed by atoms with Crippen LogP contribution in [0, 0.1) is 0 Å². The standard InChI is InChI=1S/C18H16BrNO3/c1-11(14-4-2-3-5-16(14)19)20-10-12-8-18(22)23-17-9-13(21)6-7-15(12)17/h2-9,11,20-21H,10H2,1H3/t11-/m0/s1. The maximum Gasteiger partial charge on any atom is 0.336 e. The molecule has 1 aromatic heterocycles. The fourth-order valence-corrected chi connectivity index (χ4v) is 3.19. The summed E-state index contributed by atoms with van der Waals surface area (Å²) in [6.45, 7) is 2.59. The topological polar surface area (TPSA) is 62.5 Å². The maximum atomic E-state index is 11.7. The smallest absolute Gasteiger partial charge is 0.336 e. The van der Waals surface area contributed by atoms with Crippen molar-refractivity contribution in [2.24, 2.45) is 0 Å². The second kappa shape index (κ2) is 6.56. The summed E-state index contributed by atoms with van der Waals surface area (Å²) in [5.74, 6) is 0.0762. The van der Waals surface area contributed by atoms with Crippen LogP contribution >= 0.6 is 15.9 Å². The third-order valence-corrected chi connectivity index (χ3v) is 4.51. The molecular weight excluding hydrogens is 358 g/mol. The van der Waals surface area contributed by atoms with Crippen molar-refractivity contribution < 1.29 is 9.52 Å². The van der Waals surface area contributed by atoms with Crippen molar-refractivity contribution in [2.75, 3.05) is 0 Å². The van der Waals surface area contributed by atoms with Crippen LogP contribution in [0.15, 0.2) is 62.2 Å². The summed E-state index contributed by atoms with van der Waals surface area (Å²) in [6, 6.07) is 14.4. The molecular formula is C18H16BrNO3. The molecule has 3 rings (SSSR count). The zero-order valence-corrected chi connectivity index (χ0v) is 14.1. The molecule has 0 aliphatic heterocycles. The molecule has 0 fully saturated rings. The third kappa shape index (κ3) is 3.46. The van der Waals surface area contributed by atoms with Crippen LogP contribution in [0.3, 0.4) is 0 Å². The number of phenols is 1. The molecule has 23 heavy (non-hydrogen) atoms. The second-order valence-corrected chi connectivity index (χ2v) is 6.25. The minimum absolute atomic E-state index is 0.0762. The van der Waals surface area contributed by atoms with Gasteiger partial charge in [0.2, 0.25) is 0 Å². The normalized spacial score (nSPS) is 12.4. The van der Waals surface area contributed by atoms with Gasteiger partial charge in [0.05, 0.1) is 0 Å². The summed E-state index contributed by atoms with van der Waals surface area (Å²) in [6.07, 6.45) is 0. The zero-order valence-electron chi connectivity index (χ0n) is 12.5. The largest absolute Gasteiger partial charge is 0.508 e. The number of fused-ring (bicyclic) bond motifs is 1. The van der Waals surface area contributed by atoms with E-state index < -0.39 is 5.63 Å². The van der Waals surface area contributed by atoms with Gasteiger partial charge >= 0.3 is 5.63 Å². The van der Waals surface area contributed by atoms with E-state index in [4.69, 9.17) is 4.42 Å². The zero-order chi connectivity index (χ0) is 16.4. The van der Waals surface area contributed by atoms with Crippen molar-refractivity contribution in [3.63, 3.8) is 0 Å². The van der Waals surface area contributed by atoms with Gasteiger partial charge in [-0.05, 0) is 36.2 Å². The lowest BCUT2D eigenvalue weighted by Crippen LogP contribution is -2.19. The van der Waals surface area contributed by atoms with Gasteiger partial charge in [-0.3, -0.25) is 0 Å². The lowest BCUT2D eigenvalue weighted by Gasteiger charge is -2.16. The Hall–Kier alpha value is -2.11. The van der Waals surface area contributed by atoms with Crippen molar-refractivity contribution in [2.45, 2.75) is 19.5 Å². The second-order valence-electron chi connectivity index (χ2n) is 5.40. The molecule has 1 heterocycles. The predicted molar refractivity (Wildman–Crippen MR) is 93.5 cm³/mol. The van der Waals surface area contributed by atoms with Crippen LogP contribution in [0.5, 0.6) is 5.75 Å². The SMILES string of the molecule is C[C@H](NCc1cc(=O)oc2cc(O)ccc12)c1ccccc1Br. The molecule has 2 N–H and O–H groups in total. The van der Waals surface area contributed by atoms with Gasteiger partial charge in [0.25, 0.3) is 0 Å². The molecule has 0 aliphatic carbocycles. The van der Waals surface area contributed by atoms with Gasteiger partial charge in [-0.25, -0.2) is 4.79 Å². The first-order chi connectivity index (χ1) is 11.0. The molecule has 0 bridgehead atoms. The molecule has 0 unspecified atom stereocenters. The highest BCUT2D eigenvalue weighted by Gasteiger charge is 2.11. The number of aromatic hydroxyl groups is 1. The van der Waals surface area contributed by atoms with E-state index in [-0.39, 0.29) is 11.8 Å². The van der Waals surface area contributed by atoms with Crippen LogP contribution < -0.4 is 10.9 Å². The third-order valence-electron chi connectivity index (χ3n) is 3.78.